The maximum Gasteiger partial charge on any atom is 0.331 e. The predicted octanol–water partition coefficient (Wildman–Crippen LogP) is 1.35. The standard InChI is InChI=1S/C15H17N3O4S/c1-15(9-22-2,14(20)21)18-12(19)6-11-8-23-13(17-11)10-4-3-5-16-7-10/h3-5,7-8H,6,9H2,1-2H3,(H,18,19)(H,20,21). The van der Waals surface area contributed by atoms with Crippen LogP contribution in [0.15, 0.2) is 29.9 Å². The number of carboxylic acids is 1. The van der Waals surface area contributed by atoms with Gasteiger partial charge in [-0.25, -0.2) is 9.78 Å². The van der Waals surface area contributed by atoms with Crippen molar-refractivity contribution >= 4 is 23.2 Å². The highest BCUT2D eigenvalue weighted by molar-refractivity contribution is 7.13. The summed E-state index contributed by atoms with van der Waals surface area (Å²) in [5.41, 5.74) is -0.0102. The average Bonchev–Trinajstić information content (AvgIpc) is 2.96. The van der Waals surface area contributed by atoms with Gasteiger partial charge in [-0.05, 0) is 19.1 Å². The Morgan fingerprint density at radius 1 is 1.48 bits per heavy atom. The minimum atomic E-state index is -1.46. The molecule has 0 saturated heterocycles. The van der Waals surface area contributed by atoms with Crippen molar-refractivity contribution in [3.63, 3.8) is 0 Å². The zero-order valence-electron chi connectivity index (χ0n) is 12.8. The molecule has 2 N–H and O–H groups in total. The SMILES string of the molecule is COCC(C)(NC(=O)Cc1csc(-c2cccnc2)n1)C(=O)O. The minimum absolute atomic E-state index is 0.00332. The summed E-state index contributed by atoms with van der Waals surface area (Å²) in [4.78, 5) is 31.8. The number of thiazole rings is 1. The van der Waals surface area contributed by atoms with Gasteiger partial charge in [0, 0.05) is 30.4 Å². The molecule has 2 aromatic heterocycles. The molecule has 2 rings (SSSR count). The molecule has 0 saturated carbocycles. The molecular formula is C15H17N3O4S. The molecule has 0 aliphatic carbocycles. The molecule has 1 amide bonds. The van der Waals surface area contributed by atoms with Gasteiger partial charge in [-0.2, -0.15) is 0 Å². The summed E-state index contributed by atoms with van der Waals surface area (Å²) in [5, 5.41) is 14.2. The molecule has 1 atom stereocenters. The lowest BCUT2D eigenvalue weighted by atomic mass is 10.0. The second-order valence-electron chi connectivity index (χ2n) is 5.18. The van der Waals surface area contributed by atoms with Crippen LogP contribution in [0.3, 0.4) is 0 Å². The predicted molar refractivity (Wildman–Crippen MR) is 85.1 cm³/mol. The van der Waals surface area contributed by atoms with Crippen LogP contribution >= 0.6 is 11.3 Å². The smallest absolute Gasteiger partial charge is 0.331 e. The van der Waals surface area contributed by atoms with Crippen LogP contribution in [0.2, 0.25) is 0 Å². The normalized spacial score (nSPS) is 13.3. The molecule has 0 aliphatic heterocycles. The lowest BCUT2D eigenvalue weighted by Gasteiger charge is -2.25. The maximum atomic E-state index is 12.1. The van der Waals surface area contributed by atoms with Crippen LogP contribution in [0, 0.1) is 0 Å². The van der Waals surface area contributed by atoms with Gasteiger partial charge < -0.3 is 15.2 Å². The Kier molecular flexibility index (Phi) is 5.41. The Hall–Kier alpha value is -2.32. The first-order valence-electron chi connectivity index (χ1n) is 6.83. The average molecular weight is 335 g/mol. The fourth-order valence-electron chi connectivity index (χ4n) is 1.97. The summed E-state index contributed by atoms with van der Waals surface area (Å²) < 4.78 is 4.87. The summed E-state index contributed by atoms with van der Waals surface area (Å²) in [6.07, 6.45) is 3.38. The molecule has 0 aromatic carbocycles. The zero-order valence-corrected chi connectivity index (χ0v) is 13.6. The van der Waals surface area contributed by atoms with Crippen LogP contribution < -0.4 is 5.32 Å². The number of ether oxygens (including phenoxy) is 1. The number of carbonyl (C=O) groups excluding carboxylic acids is 1. The Bertz CT molecular complexity index is 689. The van der Waals surface area contributed by atoms with E-state index >= 15 is 0 Å². The first-order valence-corrected chi connectivity index (χ1v) is 7.71. The number of rotatable bonds is 7. The van der Waals surface area contributed by atoms with E-state index in [1.807, 2.05) is 12.1 Å². The number of pyridine rings is 1. The number of aliphatic carboxylic acids is 1. The number of nitrogens with one attached hydrogen (secondary N) is 1. The summed E-state index contributed by atoms with van der Waals surface area (Å²) in [5.74, 6) is -1.57. The van der Waals surface area contributed by atoms with Gasteiger partial charge in [0.1, 0.15) is 5.01 Å². The van der Waals surface area contributed by atoms with Gasteiger partial charge in [0.25, 0.3) is 0 Å². The van der Waals surface area contributed by atoms with Crippen molar-refractivity contribution in [1.82, 2.24) is 15.3 Å². The van der Waals surface area contributed by atoms with Crippen LogP contribution in [-0.4, -0.2) is 46.2 Å². The van der Waals surface area contributed by atoms with E-state index in [1.165, 1.54) is 25.4 Å². The largest absolute Gasteiger partial charge is 0.479 e. The highest BCUT2D eigenvalue weighted by Gasteiger charge is 2.35. The van der Waals surface area contributed by atoms with Gasteiger partial charge in [0.05, 0.1) is 18.7 Å². The summed E-state index contributed by atoms with van der Waals surface area (Å²) in [6, 6.07) is 3.70. The molecule has 7 nitrogen and oxygen atoms in total. The lowest BCUT2D eigenvalue weighted by molar-refractivity contribution is -0.149. The third-order valence-electron chi connectivity index (χ3n) is 3.12. The van der Waals surface area contributed by atoms with Gasteiger partial charge >= 0.3 is 5.97 Å². The van der Waals surface area contributed by atoms with E-state index in [4.69, 9.17) is 4.74 Å². The third-order valence-corrected chi connectivity index (χ3v) is 4.06. The molecule has 2 aromatic rings. The molecular weight excluding hydrogens is 318 g/mol. The molecule has 1 unspecified atom stereocenters. The Morgan fingerprint density at radius 2 is 2.26 bits per heavy atom. The minimum Gasteiger partial charge on any atom is -0.479 e. The summed E-state index contributed by atoms with van der Waals surface area (Å²) in [6.45, 7) is 1.28. The molecule has 0 bridgehead atoms. The molecule has 122 valence electrons. The van der Waals surface area contributed by atoms with Gasteiger partial charge in [-0.3, -0.25) is 9.78 Å². The van der Waals surface area contributed by atoms with E-state index < -0.39 is 17.4 Å². The number of carboxylic acid groups (broad SMARTS) is 1. The number of aromatic nitrogens is 2. The van der Waals surface area contributed by atoms with Crippen LogP contribution in [0.4, 0.5) is 0 Å². The monoisotopic (exact) mass is 335 g/mol. The van der Waals surface area contributed by atoms with Crippen molar-refractivity contribution in [1.29, 1.82) is 0 Å². The fourth-order valence-corrected chi connectivity index (χ4v) is 2.78. The number of hydrogen-bond donors (Lipinski definition) is 2. The van der Waals surface area contributed by atoms with Crippen LogP contribution in [-0.2, 0) is 20.7 Å². The molecule has 0 radical (unpaired) electrons. The van der Waals surface area contributed by atoms with Crippen molar-refractivity contribution in [2.45, 2.75) is 18.9 Å². The highest BCUT2D eigenvalue weighted by Crippen LogP contribution is 2.22. The van der Waals surface area contributed by atoms with Crippen molar-refractivity contribution in [2.75, 3.05) is 13.7 Å². The topological polar surface area (TPSA) is 101 Å². The summed E-state index contributed by atoms with van der Waals surface area (Å²) >= 11 is 1.41. The Morgan fingerprint density at radius 3 is 2.87 bits per heavy atom. The zero-order chi connectivity index (χ0) is 16.9. The van der Waals surface area contributed by atoms with Crippen molar-refractivity contribution in [3.8, 4) is 10.6 Å². The number of methoxy groups -OCH3 is 1. The Balaban J connectivity index is 2.04. The lowest BCUT2D eigenvalue weighted by Crippen LogP contribution is -2.55. The Labute approximate surface area is 137 Å². The van der Waals surface area contributed by atoms with Gasteiger partial charge in [-0.1, -0.05) is 0 Å². The number of carbonyl (C=O) groups is 2. The summed E-state index contributed by atoms with van der Waals surface area (Å²) in [7, 11) is 1.38. The van der Waals surface area contributed by atoms with Crippen molar-refractivity contribution < 1.29 is 19.4 Å². The van der Waals surface area contributed by atoms with Crippen LogP contribution in [0.5, 0.6) is 0 Å². The van der Waals surface area contributed by atoms with Crippen molar-refractivity contribution in [3.05, 3.63) is 35.6 Å². The van der Waals surface area contributed by atoms with E-state index in [1.54, 1.807) is 17.8 Å². The van der Waals surface area contributed by atoms with Gasteiger partial charge in [-0.15, -0.1) is 11.3 Å². The number of nitrogens with zero attached hydrogens (tertiary/aromatic N) is 2. The molecule has 0 spiro atoms. The van der Waals surface area contributed by atoms with Gasteiger partial charge in [0.15, 0.2) is 5.54 Å². The molecule has 0 aliphatic rings. The van der Waals surface area contributed by atoms with Gasteiger partial charge in [0.2, 0.25) is 5.91 Å². The second kappa shape index (κ2) is 7.30. The molecule has 8 heteroatoms. The molecule has 23 heavy (non-hydrogen) atoms. The third kappa shape index (κ3) is 4.33. The van der Waals surface area contributed by atoms with E-state index in [0.29, 0.717) is 5.69 Å². The highest BCUT2D eigenvalue weighted by atomic mass is 32.1. The van der Waals surface area contributed by atoms with E-state index in [2.05, 4.69) is 15.3 Å². The quantitative estimate of drug-likeness (QED) is 0.792. The van der Waals surface area contributed by atoms with Crippen LogP contribution in [0.25, 0.3) is 10.6 Å². The van der Waals surface area contributed by atoms with Crippen LogP contribution in [0.1, 0.15) is 12.6 Å². The first-order chi connectivity index (χ1) is 10.9. The number of hydrogen-bond acceptors (Lipinski definition) is 6. The maximum absolute atomic E-state index is 12.1. The second-order valence-corrected chi connectivity index (χ2v) is 6.04. The van der Waals surface area contributed by atoms with E-state index in [0.717, 1.165) is 10.6 Å². The van der Waals surface area contributed by atoms with Crippen molar-refractivity contribution in [2.24, 2.45) is 0 Å². The molecule has 2 heterocycles. The van der Waals surface area contributed by atoms with E-state index in [-0.39, 0.29) is 13.0 Å². The van der Waals surface area contributed by atoms with E-state index in [9.17, 15) is 14.7 Å². The molecule has 0 fully saturated rings. The fraction of sp³-hybridized carbons (Fsp3) is 0.333. The number of amides is 1. The first kappa shape index (κ1) is 17.0.